The van der Waals surface area contributed by atoms with Crippen molar-refractivity contribution in [2.45, 2.75) is 41.0 Å². The zero-order valence-corrected chi connectivity index (χ0v) is 15.8. The summed E-state index contributed by atoms with van der Waals surface area (Å²) >= 11 is 0. The number of aromatic nitrogens is 1. The Labute approximate surface area is 147 Å². The number of likely N-dealkylation sites (tertiary alicyclic amines) is 1. The van der Waals surface area contributed by atoms with Crippen LogP contribution < -0.4 is 0 Å². The fraction of sp³-hybridized carbons (Fsp3) is 0.632. The van der Waals surface area contributed by atoms with E-state index in [9.17, 15) is 14.4 Å². The molecule has 0 bridgehead atoms. The maximum Gasteiger partial charge on any atom is 0.314 e. The maximum atomic E-state index is 13.2. The van der Waals surface area contributed by atoms with Crippen LogP contribution in [-0.4, -0.2) is 47.7 Å². The van der Waals surface area contributed by atoms with Crippen molar-refractivity contribution in [1.82, 2.24) is 9.88 Å². The second-order valence-electron chi connectivity index (χ2n) is 8.23. The highest BCUT2D eigenvalue weighted by molar-refractivity contribution is 6.03. The lowest BCUT2D eigenvalue weighted by molar-refractivity contribution is -0.174. The molecule has 3 rings (SSSR count). The molecule has 1 aliphatic heterocycles. The molecule has 0 unspecified atom stereocenters. The molecule has 1 aliphatic carbocycles. The summed E-state index contributed by atoms with van der Waals surface area (Å²) in [6, 6.07) is 0. The van der Waals surface area contributed by atoms with Gasteiger partial charge in [-0.05, 0) is 37.2 Å². The Morgan fingerprint density at radius 3 is 2.36 bits per heavy atom. The number of ether oxygens (including phenoxy) is 1. The number of hydrogen-bond acceptors (Lipinski definition) is 4. The van der Waals surface area contributed by atoms with Crippen LogP contribution in [0.25, 0.3) is 0 Å². The first-order valence-electron chi connectivity index (χ1n) is 8.63. The number of hydrogen-bond donors (Lipinski definition) is 1. The predicted molar refractivity (Wildman–Crippen MR) is 92.5 cm³/mol. The van der Waals surface area contributed by atoms with E-state index in [1.54, 1.807) is 18.7 Å². The van der Waals surface area contributed by atoms with E-state index in [4.69, 9.17) is 4.74 Å². The minimum atomic E-state index is -0.588. The van der Waals surface area contributed by atoms with Crippen LogP contribution in [0.5, 0.6) is 0 Å². The topological polar surface area (TPSA) is 79.5 Å². The molecular formula is C19H26N2O4. The molecule has 1 saturated heterocycles. The van der Waals surface area contributed by atoms with Crippen molar-refractivity contribution in [1.29, 1.82) is 0 Å². The van der Waals surface area contributed by atoms with Gasteiger partial charge in [0.25, 0.3) is 5.91 Å². The zero-order chi connectivity index (χ0) is 18.7. The summed E-state index contributed by atoms with van der Waals surface area (Å²) in [5.41, 5.74) is 1.82. The molecule has 2 aliphatic rings. The summed E-state index contributed by atoms with van der Waals surface area (Å²) in [6.07, 6.45) is 0.727. The number of amides is 1. The van der Waals surface area contributed by atoms with Crippen LogP contribution in [0, 0.1) is 30.6 Å². The fourth-order valence-corrected chi connectivity index (χ4v) is 5.11. The monoisotopic (exact) mass is 346 g/mol. The smallest absolute Gasteiger partial charge is 0.314 e. The molecule has 1 amide bonds. The van der Waals surface area contributed by atoms with Gasteiger partial charge in [-0.15, -0.1) is 0 Å². The van der Waals surface area contributed by atoms with Gasteiger partial charge in [0, 0.05) is 25.7 Å². The van der Waals surface area contributed by atoms with Crippen LogP contribution in [0.1, 0.15) is 59.3 Å². The molecule has 0 spiro atoms. The Balaban J connectivity index is 1.93. The number of methoxy groups -OCH3 is 1. The number of fused-ring (bicyclic) bond motifs is 1. The second kappa shape index (κ2) is 5.44. The Bertz CT molecular complexity index is 777. The van der Waals surface area contributed by atoms with Gasteiger partial charge in [0.05, 0.1) is 23.8 Å². The van der Waals surface area contributed by atoms with Gasteiger partial charge in [-0.25, -0.2) is 0 Å². The van der Waals surface area contributed by atoms with Crippen LogP contribution in [-0.2, 0) is 9.53 Å². The lowest BCUT2D eigenvalue weighted by atomic mass is 9.48. The van der Waals surface area contributed by atoms with E-state index in [0.717, 1.165) is 6.42 Å². The van der Waals surface area contributed by atoms with E-state index in [1.165, 1.54) is 14.0 Å². The van der Waals surface area contributed by atoms with Crippen molar-refractivity contribution >= 4 is 17.7 Å². The highest BCUT2D eigenvalue weighted by Gasteiger charge is 2.68. The number of ketones is 1. The summed E-state index contributed by atoms with van der Waals surface area (Å²) in [5, 5.41) is 0. The number of rotatable bonds is 3. The van der Waals surface area contributed by atoms with Crippen molar-refractivity contribution < 1.29 is 19.1 Å². The quantitative estimate of drug-likeness (QED) is 0.674. The van der Waals surface area contributed by atoms with Crippen LogP contribution in [0.15, 0.2) is 0 Å². The number of aryl methyl sites for hydroxylation is 1. The molecule has 0 aromatic carbocycles. The van der Waals surface area contributed by atoms with E-state index >= 15 is 0 Å². The van der Waals surface area contributed by atoms with Gasteiger partial charge in [-0.3, -0.25) is 14.4 Å². The molecule has 0 radical (unpaired) electrons. The predicted octanol–water partition coefficient (Wildman–Crippen LogP) is 2.50. The number of H-pyrrole nitrogens is 1. The number of carbonyl (C=O) groups excluding carboxylic acids is 3. The first-order valence-corrected chi connectivity index (χ1v) is 8.63. The standard InChI is InChI=1S/C19H26N2O4/c1-10-14(11(2)20-15(10)12(3)22)16(23)21-7-13-18(4,5)8-19(13,9-21)17(24)25-6/h13,20H,7-9H2,1-6H3/t13-,19+/m1/s1. The van der Waals surface area contributed by atoms with Crippen LogP contribution >= 0.6 is 0 Å². The first-order chi connectivity index (χ1) is 11.5. The number of nitrogens with one attached hydrogen (secondary N) is 1. The average Bonchev–Trinajstić information content (AvgIpc) is 3.02. The van der Waals surface area contributed by atoms with Gasteiger partial charge in [-0.2, -0.15) is 0 Å². The van der Waals surface area contributed by atoms with Gasteiger partial charge in [-0.1, -0.05) is 13.8 Å². The second-order valence-corrected chi connectivity index (χ2v) is 8.23. The lowest BCUT2D eigenvalue weighted by Crippen LogP contribution is -2.57. The molecule has 1 aromatic rings. The number of Topliss-reactive ketones (excluding diaryl/α,β-unsaturated/α-hetero) is 1. The Morgan fingerprint density at radius 2 is 1.88 bits per heavy atom. The van der Waals surface area contributed by atoms with E-state index in [0.29, 0.717) is 35.6 Å². The third-order valence-corrected chi connectivity index (χ3v) is 6.14. The maximum absolute atomic E-state index is 13.2. The third kappa shape index (κ3) is 2.34. The molecule has 1 N–H and O–H groups in total. The van der Waals surface area contributed by atoms with E-state index in [1.807, 2.05) is 0 Å². The molecular weight excluding hydrogens is 320 g/mol. The van der Waals surface area contributed by atoms with Gasteiger partial charge >= 0.3 is 5.97 Å². The molecule has 6 nitrogen and oxygen atoms in total. The normalized spacial score (nSPS) is 26.8. The molecule has 1 saturated carbocycles. The minimum absolute atomic E-state index is 0.00992. The Morgan fingerprint density at radius 1 is 1.24 bits per heavy atom. The fourth-order valence-electron chi connectivity index (χ4n) is 5.11. The Hall–Kier alpha value is -2.11. The molecule has 1 aromatic heterocycles. The SMILES string of the molecule is COC(=O)[C@@]12CN(C(=O)c3c(C)[nH]c(C(C)=O)c3C)C[C@@H]1C(C)(C)C2. The van der Waals surface area contributed by atoms with Crippen molar-refractivity contribution in [2.75, 3.05) is 20.2 Å². The van der Waals surface area contributed by atoms with Gasteiger partial charge < -0.3 is 14.6 Å². The van der Waals surface area contributed by atoms with Crippen LogP contribution in [0.2, 0.25) is 0 Å². The largest absolute Gasteiger partial charge is 0.469 e. The summed E-state index contributed by atoms with van der Waals surface area (Å²) in [5.74, 6) is -0.331. The highest BCUT2D eigenvalue weighted by atomic mass is 16.5. The van der Waals surface area contributed by atoms with E-state index in [-0.39, 0.29) is 29.0 Å². The number of esters is 1. The van der Waals surface area contributed by atoms with Gasteiger partial charge in [0.1, 0.15) is 0 Å². The number of aromatic amines is 1. The lowest BCUT2D eigenvalue weighted by Gasteiger charge is -2.54. The number of nitrogens with zero attached hydrogens (tertiary/aromatic N) is 1. The first kappa shape index (κ1) is 17.7. The van der Waals surface area contributed by atoms with Crippen molar-refractivity contribution in [2.24, 2.45) is 16.7 Å². The van der Waals surface area contributed by atoms with Gasteiger partial charge in [0.15, 0.2) is 5.78 Å². The summed E-state index contributed by atoms with van der Waals surface area (Å²) in [6.45, 7) is 10.3. The van der Waals surface area contributed by atoms with Crippen molar-refractivity contribution in [3.63, 3.8) is 0 Å². The van der Waals surface area contributed by atoms with Gasteiger partial charge in [0.2, 0.25) is 0 Å². The Kier molecular flexibility index (Phi) is 3.86. The summed E-state index contributed by atoms with van der Waals surface area (Å²) < 4.78 is 5.04. The summed E-state index contributed by atoms with van der Waals surface area (Å²) in [4.78, 5) is 42.1. The van der Waals surface area contributed by atoms with E-state index in [2.05, 4.69) is 18.8 Å². The summed E-state index contributed by atoms with van der Waals surface area (Å²) in [7, 11) is 1.41. The molecule has 25 heavy (non-hydrogen) atoms. The zero-order valence-electron chi connectivity index (χ0n) is 15.8. The van der Waals surface area contributed by atoms with Crippen LogP contribution in [0.3, 0.4) is 0 Å². The molecule has 6 heteroatoms. The minimum Gasteiger partial charge on any atom is -0.469 e. The number of carbonyl (C=O) groups is 3. The molecule has 136 valence electrons. The third-order valence-electron chi connectivity index (χ3n) is 6.14. The van der Waals surface area contributed by atoms with Crippen LogP contribution in [0.4, 0.5) is 0 Å². The van der Waals surface area contributed by atoms with Crippen molar-refractivity contribution in [3.8, 4) is 0 Å². The van der Waals surface area contributed by atoms with E-state index < -0.39 is 5.41 Å². The van der Waals surface area contributed by atoms with Crippen molar-refractivity contribution in [3.05, 3.63) is 22.5 Å². The molecule has 2 atom stereocenters. The molecule has 2 fully saturated rings. The average molecular weight is 346 g/mol. The molecule has 2 heterocycles. The highest BCUT2D eigenvalue weighted by Crippen LogP contribution is 2.63.